The van der Waals surface area contributed by atoms with E-state index in [-0.39, 0.29) is 11.8 Å². The van der Waals surface area contributed by atoms with Gasteiger partial charge < -0.3 is 16.0 Å². The van der Waals surface area contributed by atoms with Crippen LogP contribution in [-0.4, -0.2) is 56.0 Å². The van der Waals surface area contributed by atoms with Crippen molar-refractivity contribution in [1.82, 2.24) is 15.5 Å². The normalized spacial score (nSPS) is 18.5. The van der Waals surface area contributed by atoms with Gasteiger partial charge in [-0.1, -0.05) is 6.07 Å². The Kier molecular flexibility index (Phi) is 6.63. The van der Waals surface area contributed by atoms with E-state index in [9.17, 15) is 9.59 Å². The number of nitrogens with zero attached hydrogens (tertiary/aromatic N) is 1. The van der Waals surface area contributed by atoms with Crippen molar-refractivity contribution >= 4 is 17.5 Å². The van der Waals surface area contributed by atoms with E-state index in [1.54, 1.807) is 12.1 Å². The third-order valence-electron chi connectivity index (χ3n) is 5.20. The minimum atomic E-state index is -0.0627. The molecule has 0 unspecified atom stereocenters. The van der Waals surface area contributed by atoms with Crippen molar-refractivity contribution in [1.29, 1.82) is 0 Å². The Morgan fingerprint density at radius 3 is 2.62 bits per heavy atom. The van der Waals surface area contributed by atoms with Gasteiger partial charge >= 0.3 is 0 Å². The zero-order valence-electron chi connectivity index (χ0n) is 15.6. The van der Waals surface area contributed by atoms with Crippen molar-refractivity contribution in [3.8, 4) is 0 Å². The van der Waals surface area contributed by atoms with Crippen molar-refractivity contribution in [2.24, 2.45) is 5.92 Å². The van der Waals surface area contributed by atoms with E-state index in [4.69, 9.17) is 0 Å². The van der Waals surface area contributed by atoms with Crippen molar-refractivity contribution in [2.75, 3.05) is 38.5 Å². The maximum atomic E-state index is 12.3. The zero-order valence-corrected chi connectivity index (χ0v) is 15.6. The lowest BCUT2D eigenvalue weighted by Crippen LogP contribution is -2.39. The van der Waals surface area contributed by atoms with Crippen LogP contribution in [0.3, 0.4) is 0 Å². The summed E-state index contributed by atoms with van der Waals surface area (Å²) >= 11 is 0. The summed E-state index contributed by atoms with van der Waals surface area (Å²) in [5, 5.41) is 9.10. The van der Waals surface area contributed by atoms with Crippen LogP contribution in [0.1, 0.15) is 42.5 Å². The van der Waals surface area contributed by atoms with Gasteiger partial charge in [0.05, 0.1) is 6.54 Å². The Balaban J connectivity index is 1.44. The van der Waals surface area contributed by atoms with Gasteiger partial charge in [-0.15, -0.1) is 0 Å². The maximum Gasteiger partial charge on any atom is 0.251 e. The molecule has 0 spiro atoms. The summed E-state index contributed by atoms with van der Waals surface area (Å²) < 4.78 is 0. The lowest BCUT2D eigenvalue weighted by Gasteiger charge is -2.31. The number of carbonyl (C=O) groups is 2. The molecule has 0 atom stereocenters. The fourth-order valence-electron chi connectivity index (χ4n) is 3.42. The second kappa shape index (κ2) is 9.14. The molecule has 6 nitrogen and oxygen atoms in total. The number of likely N-dealkylation sites (tertiary alicyclic amines) is 1. The molecule has 1 heterocycles. The molecule has 2 fully saturated rings. The topological polar surface area (TPSA) is 73.5 Å². The minimum absolute atomic E-state index is 0.0153. The van der Waals surface area contributed by atoms with Crippen molar-refractivity contribution < 1.29 is 9.59 Å². The number of amides is 2. The first-order valence-corrected chi connectivity index (χ1v) is 9.72. The van der Waals surface area contributed by atoms with Crippen LogP contribution in [0.15, 0.2) is 24.3 Å². The summed E-state index contributed by atoms with van der Waals surface area (Å²) in [6.07, 6.45) is 5.66. The Morgan fingerprint density at radius 2 is 1.92 bits per heavy atom. The molecular weight excluding hydrogens is 328 g/mol. The molecule has 3 rings (SSSR count). The highest BCUT2D eigenvalue weighted by atomic mass is 16.2. The molecule has 1 aliphatic heterocycles. The van der Waals surface area contributed by atoms with Crippen LogP contribution in [0.2, 0.25) is 0 Å². The van der Waals surface area contributed by atoms with Crippen molar-refractivity contribution in [3.63, 3.8) is 0 Å². The Hall–Kier alpha value is -1.92. The molecule has 3 N–H and O–H groups in total. The molecule has 142 valence electrons. The molecule has 26 heavy (non-hydrogen) atoms. The highest BCUT2D eigenvalue weighted by Crippen LogP contribution is 2.21. The van der Waals surface area contributed by atoms with E-state index in [2.05, 4.69) is 20.9 Å². The van der Waals surface area contributed by atoms with Crippen LogP contribution in [-0.2, 0) is 4.79 Å². The van der Waals surface area contributed by atoms with E-state index in [0.717, 1.165) is 51.2 Å². The second-order valence-electron chi connectivity index (χ2n) is 7.49. The predicted molar refractivity (Wildman–Crippen MR) is 103 cm³/mol. The second-order valence-corrected chi connectivity index (χ2v) is 7.49. The van der Waals surface area contributed by atoms with E-state index in [1.807, 2.05) is 19.2 Å². The first-order chi connectivity index (χ1) is 12.6. The number of hydrogen-bond donors (Lipinski definition) is 3. The molecule has 1 aliphatic carbocycles. The molecule has 1 aromatic rings. The smallest absolute Gasteiger partial charge is 0.251 e. The van der Waals surface area contributed by atoms with E-state index in [1.165, 1.54) is 6.42 Å². The van der Waals surface area contributed by atoms with Crippen LogP contribution in [0, 0.1) is 5.92 Å². The first-order valence-electron chi connectivity index (χ1n) is 9.72. The maximum absolute atomic E-state index is 12.3. The molecule has 2 amide bonds. The van der Waals surface area contributed by atoms with Crippen molar-refractivity contribution in [2.45, 2.75) is 38.1 Å². The van der Waals surface area contributed by atoms with Crippen LogP contribution < -0.4 is 16.0 Å². The summed E-state index contributed by atoms with van der Waals surface area (Å²) in [7, 11) is 1.99. The fourth-order valence-corrected chi connectivity index (χ4v) is 3.42. The monoisotopic (exact) mass is 358 g/mol. The lowest BCUT2D eigenvalue weighted by atomic mass is 9.93. The van der Waals surface area contributed by atoms with Gasteiger partial charge in [-0.25, -0.2) is 0 Å². The summed E-state index contributed by atoms with van der Waals surface area (Å²) in [4.78, 5) is 26.7. The molecule has 6 heteroatoms. The zero-order chi connectivity index (χ0) is 18.4. The SMILES string of the molecule is CNCCC1CCN(CC(=O)Nc2cccc(C(=O)NC3CC3)c2)CC1. The summed E-state index contributed by atoms with van der Waals surface area (Å²) in [5.74, 6) is 0.689. The predicted octanol–water partition coefficient (Wildman–Crippen LogP) is 1.84. The standard InChI is InChI=1S/C20H30N4O2/c1-21-10-7-15-8-11-24(12-9-15)14-19(25)22-18-4-2-3-16(13-18)20(26)23-17-5-6-17/h2-4,13,15,17,21H,5-12,14H2,1H3,(H,22,25)(H,23,26). The number of carbonyl (C=O) groups excluding carboxylic acids is 2. The molecule has 2 aliphatic rings. The average molecular weight is 358 g/mol. The number of piperidine rings is 1. The van der Waals surface area contributed by atoms with Gasteiger partial charge in [0, 0.05) is 17.3 Å². The third-order valence-corrected chi connectivity index (χ3v) is 5.20. The number of anilines is 1. The van der Waals surface area contributed by atoms with Gasteiger partial charge in [-0.05, 0) is 82.9 Å². The van der Waals surface area contributed by atoms with Gasteiger partial charge in [0.15, 0.2) is 0 Å². The van der Waals surface area contributed by atoms with E-state index in [0.29, 0.717) is 23.8 Å². The summed E-state index contributed by atoms with van der Waals surface area (Å²) in [5.41, 5.74) is 1.28. The summed E-state index contributed by atoms with van der Waals surface area (Å²) in [6.45, 7) is 3.43. The van der Waals surface area contributed by atoms with Crippen LogP contribution in [0.4, 0.5) is 5.69 Å². The average Bonchev–Trinajstić information content (AvgIpc) is 3.45. The third kappa shape index (κ3) is 5.81. The molecule has 1 saturated heterocycles. The number of nitrogens with one attached hydrogen (secondary N) is 3. The molecule has 1 saturated carbocycles. The first kappa shape index (κ1) is 18.9. The quantitative estimate of drug-likeness (QED) is 0.663. The van der Waals surface area contributed by atoms with Gasteiger partial charge in [0.1, 0.15) is 0 Å². The Labute approximate surface area is 155 Å². The molecule has 1 aromatic carbocycles. The fraction of sp³-hybridized carbons (Fsp3) is 0.600. The van der Waals surface area contributed by atoms with Crippen LogP contribution in [0.5, 0.6) is 0 Å². The minimum Gasteiger partial charge on any atom is -0.349 e. The largest absolute Gasteiger partial charge is 0.349 e. The van der Waals surface area contributed by atoms with E-state index < -0.39 is 0 Å². The van der Waals surface area contributed by atoms with E-state index >= 15 is 0 Å². The van der Waals surface area contributed by atoms with Crippen LogP contribution >= 0.6 is 0 Å². The van der Waals surface area contributed by atoms with Gasteiger partial charge in [0.25, 0.3) is 5.91 Å². The van der Waals surface area contributed by atoms with Crippen LogP contribution in [0.25, 0.3) is 0 Å². The molecule has 0 bridgehead atoms. The molecule has 0 radical (unpaired) electrons. The lowest BCUT2D eigenvalue weighted by molar-refractivity contribution is -0.117. The molecular formula is C20H30N4O2. The van der Waals surface area contributed by atoms with Gasteiger partial charge in [-0.2, -0.15) is 0 Å². The summed E-state index contributed by atoms with van der Waals surface area (Å²) in [6, 6.07) is 7.50. The Bertz CT molecular complexity index is 622. The van der Waals surface area contributed by atoms with Gasteiger partial charge in [-0.3, -0.25) is 14.5 Å². The highest BCUT2D eigenvalue weighted by molar-refractivity contribution is 5.97. The highest BCUT2D eigenvalue weighted by Gasteiger charge is 2.24. The number of benzene rings is 1. The number of rotatable bonds is 8. The molecule has 0 aromatic heterocycles. The Morgan fingerprint density at radius 1 is 1.15 bits per heavy atom. The van der Waals surface area contributed by atoms with Gasteiger partial charge in [0.2, 0.25) is 5.91 Å². The van der Waals surface area contributed by atoms with Crippen molar-refractivity contribution in [3.05, 3.63) is 29.8 Å². The number of hydrogen-bond acceptors (Lipinski definition) is 4.